The van der Waals surface area contributed by atoms with E-state index >= 15 is 0 Å². The largest absolute Gasteiger partial charge is 0.834 e. The molecule has 0 radical (unpaired) electrons. The Bertz CT molecular complexity index is 205. The first-order chi connectivity index (χ1) is 7.22. The van der Waals surface area contributed by atoms with E-state index in [0.717, 1.165) is 12.8 Å². The molecule has 0 aliphatic rings. The van der Waals surface area contributed by atoms with E-state index in [-0.39, 0.29) is 0 Å². The molecule has 0 aromatic heterocycles. The van der Waals surface area contributed by atoms with Crippen molar-refractivity contribution in [2.75, 3.05) is 0 Å². The van der Waals surface area contributed by atoms with Gasteiger partial charge in [-0.2, -0.15) is 9.78 Å². The standard InChI is InChI=1S/C10H22O5Si/c1-7-9(3,4)12-14-16(11)15-13-10(5,6)8-2/h7-8H2,1-6H3. The SMILES string of the molecule is CCC(C)(C)OO[Si](=O)OOC(C)(C)CC. The second-order valence-electron chi connectivity index (χ2n) is 4.81. The molecule has 5 nitrogen and oxygen atoms in total. The van der Waals surface area contributed by atoms with Crippen LogP contribution < -0.4 is 0 Å². The highest BCUT2D eigenvalue weighted by Crippen LogP contribution is 2.15. The van der Waals surface area contributed by atoms with Crippen LogP contribution in [0, 0.1) is 0 Å². The molecule has 0 aliphatic heterocycles. The van der Waals surface area contributed by atoms with Crippen molar-refractivity contribution in [3.8, 4) is 0 Å². The van der Waals surface area contributed by atoms with E-state index in [0.29, 0.717) is 0 Å². The Kier molecular flexibility index (Phi) is 6.13. The topological polar surface area (TPSA) is 54.0 Å². The lowest BCUT2D eigenvalue weighted by molar-refractivity contribution is -0.348. The van der Waals surface area contributed by atoms with Crippen LogP contribution in [0.2, 0.25) is 0 Å². The van der Waals surface area contributed by atoms with Crippen LogP contribution in [0.25, 0.3) is 0 Å². The fourth-order valence-electron chi connectivity index (χ4n) is 0.425. The molecule has 0 spiro atoms. The number of rotatable bonds is 8. The molecular formula is C10H22O5Si. The molecule has 0 N–H and O–H groups in total. The lowest BCUT2D eigenvalue weighted by atomic mass is 10.1. The molecular weight excluding hydrogens is 228 g/mol. The summed E-state index contributed by atoms with van der Waals surface area (Å²) < 4.78 is 20.5. The zero-order valence-corrected chi connectivity index (χ0v) is 12.0. The first-order valence-corrected chi connectivity index (χ1v) is 6.70. The minimum absolute atomic E-state index is 0.482. The Morgan fingerprint density at radius 2 is 1.19 bits per heavy atom. The summed E-state index contributed by atoms with van der Waals surface area (Å²) in [6, 6.07) is 0. The molecule has 0 aliphatic carbocycles. The van der Waals surface area contributed by atoms with E-state index in [1.165, 1.54) is 0 Å². The van der Waals surface area contributed by atoms with E-state index in [9.17, 15) is 4.46 Å². The van der Waals surface area contributed by atoms with Gasteiger partial charge in [-0.05, 0) is 40.5 Å². The van der Waals surface area contributed by atoms with Crippen LogP contribution in [-0.4, -0.2) is 20.4 Å². The Hall–Kier alpha value is -0.463. The van der Waals surface area contributed by atoms with Gasteiger partial charge in [0.05, 0.1) is 0 Å². The Morgan fingerprint density at radius 3 is 1.44 bits per heavy atom. The molecule has 0 rings (SSSR count). The zero-order valence-electron chi connectivity index (χ0n) is 11.0. The molecule has 0 atom stereocenters. The molecule has 0 heterocycles. The summed E-state index contributed by atoms with van der Waals surface area (Å²) in [5.74, 6) is 0. The van der Waals surface area contributed by atoms with Crippen molar-refractivity contribution in [3.05, 3.63) is 0 Å². The maximum absolute atomic E-state index is 11.3. The molecule has 0 aromatic rings. The van der Waals surface area contributed by atoms with Gasteiger partial charge in [0.25, 0.3) is 0 Å². The molecule has 6 heteroatoms. The van der Waals surface area contributed by atoms with Crippen molar-refractivity contribution in [2.45, 2.75) is 65.6 Å². The third-order valence-electron chi connectivity index (χ3n) is 2.37. The normalized spacial score (nSPS) is 12.4. The van der Waals surface area contributed by atoms with Gasteiger partial charge in [-0.3, -0.25) is 4.46 Å². The minimum Gasteiger partial charge on any atom is -0.326 e. The summed E-state index contributed by atoms with van der Waals surface area (Å²) in [7, 11) is -2.77. The van der Waals surface area contributed by atoms with Crippen LogP contribution in [0.5, 0.6) is 0 Å². The van der Waals surface area contributed by atoms with Crippen LogP contribution >= 0.6 is 0 Å². The summed E-state index contributed by atoms with van der Waals surface area (Å²) in [4.78, 5) is 9.93. The highest BCUT2D eigenvalue weighted by Gasteiger charge is 2.26. The highest BCUT2D eigenvalue weighted by molar-refractivity contribution is 6.25. The monoisotopic (exact) mass is 250 g/mol. The van der Waals surface area contributed by atoms with Crippen molar-refractivity contribution < 1.29 is 23.4 Å². The summed E-state index contributed by atoms with van der Waals surface area (Å²) in [5, 5.41) is 0. The predicted molar refractivity (Wildman–Crippen MR) is 59.5 cm³/mol. The van der Waals surface area contributed by atoms with Gasteiger partial charge in [-0.1, -0.05) is 13.8 Å². The van der Waals surface area contributed by atoms with Gasteiger partial charge in [0.1, 0.15) is 11.2 Å². The van der Waals surface area contributed by atoms with Gasteiger partial charge in [-0.25, -0.2) is 0 Å². The van der Waals surface area contributed by atoms with E-state index < -0.39 is 20.4 Å². The maximum atomic E-state index is 11.3. The van der Waals surface area contributed by atoms with E-state index in [1.54, 1.807) is 0 Å². The Morgan fingerprint density at radius 1 is 0.875 bits per heavy atom. The molecule has 0 aromatic carbocycles. The van der Waals surface area contributed by atoms with Crippen molar-refractivity contribution in [1.29, 1.82) is 0 Å². The summed E-state index contributed by atoms with van der Waals surface area (Å²) in [6.07, 6.45) is 1.48. The van der Waals surface area contributed by atoms with Gasteiger partial charge < -0.3 is 9.15 Å². The molecule has 0 unspecified atom stereocenters. The quantitative estimate of drug-likeness (QED) is 0.376. The Balaban J connectivity index is 3.85. The van der Waals surface area contributed by atoms with Crippen LogP contribution in [0.1, 0.15) is 54.4 Å². The van der Waals surface area contributed by atoms with Gasteiger partial charge >= 0.3 is 9.17 Å². The summed E-state index contributed by atoms with van der Waals surface area (Å²) >= 11 is 0. The van der Waals surface area contributed by atoms with Crippen LogP contribution in [0.4, 0.5) is 0 Å². The van der Waals surface area contributed by atoms with Gasteiger partial charge in [0.15, 0.2) is 0 Å². The molecule has 0 bridgehead atoms. The average molecular weight is 250 g/mol. The molecule has 0 amide bonds. The molecule has 0 saturated heterocycles. The fraction of sp³-hybridized carbons (Fsp3) is 1.00. The van der Waals surface area contributed by atoms with Crippen molar-refractivity contribution in [3.63, 3.8) is 0 Å². The smallest absolute Gasteiger partial charge is 0.326 e. The zero-order chi connectivity index (χ0) is 12.8. The van der Waals surface area contributed by atoms with Crippen molar-refractivity contribution in [1.82, 2.24) is 0 Å². The third-order valence-corrected chi connectivity index (χ3v) is 2.81. The fourth-order valence-corrected chi connectivity index (χ4v) is 1.04. The van der Waals surface area contributed by atoms with E-state index in [1.807, 2.05) is 41.5 Å². The number of hydrogen-bond donors (Lipinski definition) is 0. The van der Waals surface area contributed by atoms with Crippen LogP contribution in [0.3, 0.4) is 0 Å². The van der Waals surface area contributed by atoms with E-state index in [2.05, 4.69) is 9.15 Å². The van der Waals surface area contributed by atoms with Crippen molar-refractivity contribution in [2.24, 2.45) is 0 Å². The average Bonchev–Trinajstić information content (AvgIpc) is 2.24. The Labute approximate surface area is 98.8 Å². The first kappa shape index (κ1) is 15.5. The number of hydrogen-bond acceptors (Lipinski definition) is 5. The molecule has 16 heavy (non-hydrogen) atoms. The molecule has 0 fully saturated rings. The van der Waals surface area contributed by atoms with Gasteiger partial charge in [-0.15, -0.1) is 0 Å². The highest BCUT2D eigenvalue weighted by atomic mass is 28.3. The second kappa shape index (κ2) is 6.32. The van der Waals surface area contributed by atoms with Gasteiger partial charge in [0, 0.05) is 0 Å². The second-order valence-corrected chi connectivity index (χ2v) is 5.64. The lowest BCUT2D eigenvalue weighted by Crippen LogP contribution is -2.30. The summed E-state index contributed by atoms with van der Waals surface area (Å²) in [6.45, 7) is 11.2. The molecule has 0 saturated carbocycles. The third kappa shape index (κ3) is 6.92. The van der Waals surface area contributed by atoms with E-state index in [4.69, 9.17) is 9.78 Å². The van der Waals surface area contributed by atoms with Crippen molar-refractivity contribution >= 4 is 9.17 Å². The summed E-state index contributed by atoms with van der Waals surface area (Å²) in [5.41, 5.74) is -0.964. The molecule has 96 valence electrons. The van der Waals surface area contributed by atoms with Gasteiger partial charge in [0.2, 0.25) is 0 Å². The first-order valence-electron chi connectivity index (χ1n) is 5.48. The lowest BCUT2D eigenvalue weighted by Gasteiger charge is -2.22. The minimum atomic E-state index is -2.77. The van der Waals surface area contributed by atoms with Crippen LogP contribution in [-0.2, 0) is 23.4 Å². The van der Waals surface area contributed by atoms with Crippen LogP contribution in [0.15, 0.2) is 0 Å². The maximum Gasteiger partial charge on any atom is 0.834 e. The predicted octanol–water partition coefficient (Wildman–Crippen LogP) is 2.68.